The molecule has 0 amide bonds. The van der Waals surface area contributed by atoms with E-state index >= 15 is 0 Å². The van der Waals surface area contributed by atoms with Crippen LogP contribution in [0.4, 0.5) is 10.1 Å². The number of halogens is 1. The molecular weight excluding hydrogens is 287 g/mol. The van der Waals surface area contributed by atoms with Crippen LogP contribution in [0.5, 0.6) is 0 Å². The fourth-order valence-electron chi connectivity index (χ4n) is 3.26. The highest BCUT2D eigenvalue weighted by molar-refractivity contribution is 5.45. The van der Waals surface area contributed by atoms with Crippen molar-refractivity contribution in [2.75, 3.05) is 18.4 Å². The Morgan fingerprint density at radius 3 is 2.65 bits per heavy atom. The summed E-state index contributed by atoms with van der Waals surface area (Å²) >= 11 is 0. The fourth-order valence-corrected chi connectivity index (χ4v) is 3.26. The van der Waals surface area contributed by atoms with Crippen molar-refractivity contribution in [3.8, 4) is 0 Å². The molecule has 0 spiro atoms. The van der Waals surface area contributed by atoms with E-state index in [0.29, 0.717) is 12.1 Å². The molecule has 1 aliphatic heterocycles. The van der Waals surface area contributed by atoms with Crippen molar-refractivity contribution in [2.24, 2.45) is 5.92 Å². The first-order chi connectivity index (χ1) is 11.2. The molecule has 1 unspecified atom stereocenters. The van der Waals surface area contributed by atoms with E-state index in [-0.39, 0.29) is 5.82 Å². The molecule has 1 aliphatic rings. The normalized spacial score (nSPS) is 18.8. The van der Waals surface area contributed by atoms with Gasteiger partial charge in [0.15, 0.2) is 0 Å². The van der Waals surface area contributed by atoms with E-state index in [9.17, 15) is 4.39 Å². The van der Waals surface area contributed by atoms with Gasteiger partial charge in [0.1, 0.15) is 5.82 Å². The molecule has 1 heterocycles. The first-order valence-electron chi connectivity index (χ1n) is 8.49. The maximum atomic E-state index is 13.6. The van der Waals surface area contributed by atoms with Crippen molar-refractivity contribution < 1.29 is 4.39 Å². The van der Waals surface area contributed by atoms with Crippen molar-refractivity contribution in [1.29, 1.82) is 0 Å². The number of hydrogen-bond donors (Lipinski definition) is 1. The summed E-state index contributed by atoms with van der Waals surface area (Å²) in [4.78, 5) is 2.54. The van der Waals surface area contributed by atoms with E-state index in [4.69, 9.17) is 0 Å². The van der Waals surface area contributed by atoms with Crippen molar-refractivity contribution in [3.05, 3.63) is 65.5 Å². The lowest BCUT2D eigenvalue weighted by Crippen LogP contribution is -2.33. The lowest BCUT2D eigenvalue weighted by Gasteiger charge is -2.30. The minimum Gasteiger partial charge on any atom is -0.381 e. The molecule has 0 bridgehead atoms. The van der Waals surface area contributed by atoms with Gasteiger partial charge in [-0.1, -0.05) is 37.3 Å². The molecule has 3 rings (SSSR count). The van der Waals surface area contributed by atoms with Gasteiger partial charge in [-0.25, -0.2) is 4.39 Å². The molecule has 0 radical (unpaired) electrons. The van der Waals surface area contributed by atoms with E-state index in [2.05, 4.69) is 41.4 Å². The second-order valence-electron chi connectivity index (χ2n) is 6.62. The van der Waals surface area contributed by atoms with Crippen molar-refractivity contribution >= 4 is 5.69 Å². The molecular formula is C20H25FN2. The van der Waals surface area contributed by atoms with Gasteiger partial charge in [0, 0.05) is 30.9 Å². The van der Waals surface area contributed by atoms with E-state index in [0.717, 1.165) is 18.2 Å². The van der Waals surface area contributed by atoms with Crippen LogP contribution >= 0.6 is 0 Å². The van der Waals surface area contributed by atoms with Crippen molar-refractivity contribution in [2.45, 2.75) is 32.9 Å². The summed E-state index contributed by atoms with van der Waals surface area (Å²) in [5.74, 6) is 0.654. The number of hydrogen-bond acceptors (Lipinski definition) is 2. The third-order valence-corrected chi connectivity index (χ3v) is 4.54. The van der Waals surface area contributed by atoms with Crippen LogP contribution in [-0.2, 0) is 13.1 Å². The standard InChI is InChI=1S/C20H25FN2/c1-16-5-4-12-23(14-16)15-17-8-10-19(11-9-17)22-13-18-6-2-3-7-20(18)21/h2-3,6-11,16,22H,4-5,12-15H2,1H3. The molecule has 3 heteroatoms. The summed E-state index contributed by atoms with van der Waals surface area (Å²) in [5, 5.41) is 3.29. The van der Waals surface area contributed by atoms with Gasteiger partial charge >= 0.3 is 0 Å². The zero-order valence-corrected chi connectivity index (χ0v) is 13.8. The summed E-state index contributed by atoms with van der Waals surface area (Å²) in [6.45, 7) is 6.28. The van der Waals surface area contributed by atoms with E-state index in [1.54, 1.807) is 6.07 Å². The van der Waals surface area contributed by atoms with Gasteiger partial charge < -0.3 is 5.32 Å². The number of nitrogens with one attached hydrogen (secondary N) is 1. The Balaban J connectivity index is 1.54. The van der Waals surface area contributed by atoms with Crippen LogP contribution in [0.25, 0.3) is 0 Å². The Hall–Kier alpha value is -1.87. The summed E-state index contributed by atoms with van der Waals surface area (Å²) < 4.78 is 13.6. The predicted molar refractivity (Wildman–Crippen MR) is 93.8 cm³/mol. The fraction of sp³-hybridized carbons (Fsp3) is 0.400. The zero-order chi connectivity index (χ0) is 16.1. The Morgan fingerprint density at radius 1 is 1.13 bits per heavy atom. The topological polar surface area (TPSA) is 15.3 Å². The average molecular weight is 312 g/mol. The average Bonchev–Trinajstić information content (AvgIpc) is 2.56. The Morgan fingerprint density at radius 2 is 1.91 bits per heavy atom. The molecule has 1 fully saturated rings. The van der Waals surface area contributed by atoms with Crippen LogP contribution in [0, 0.1) is 11.7 Å². The molecule has 23 heavy (non-hydrogen) atoms. The van der Waals surface area contributed by atoms with Crippen LogP contribution in [-0.4, -0.2) is 18.0 Å². The number of anilines is 1. The summed E-state index contributed by atoms with van der Waals surface area (Å²) in [6.07, 6.45) is 2.67. The molecule has 0 aliphatic carbocycles. The molecule has 122 valence electrons. The molecule has 2 aromatic rings. The van der Waals surface area contributed by atoms with Gasteiger partial charge in [-0.3, -0.25) is 4.90 Å². The second-order valence-corrected chi connectivity index (χ2v) is 6.62. The van der Waals surface area contributed by atoms with Crippen molar-refractivity contribution in [1.82, 2.24) is 4.90 Å². The number of benzene rings is 2. The second kappa shape index (κ2) is 7.60. The Labute approximate surface area is 138 Å². The SMILES string of the molecule is CC1CCCN(Cc2ccc(NCc3ccccc3F)cc2)C1. The molecule has 0 aromatic heterocycles. The summed E-state index contributed by atoms with van der Waals surface area (Å²) in [5.41, 5.74) is 3.07. The highest BCUT2D eigenvalue weighted by Crippen LogP contribution is 2.19. The minimum atomic E-state index is -0.157. The Bertz CT molecular complexity index is 624. The lowest BCUT2D eigenvalue weighted by molar-refractivity contribution is 0.176. The Kier molecular flexibility index (Phi) is 5.29. The smallest absolute Gasteiger partial charge is 0.128 e. The highest BCUT2D eigenvalue weighted by atomic mass is 19.1. The monoisotopic (exact) mass is 312 g/mol. The number of rotatable bonds is 5. The van der Waals surface area contributed by atoms with Gasteiger partial charge in [0.05, 0.1) is 0 Å². The van der Waals surface area contributed by atoms with Crippen molar-refractivity contribution in [3.63, 3.8) is 0 Å². The maximum Gasteiger partial charge on any atom is 0.128 e. The van der Waals surface area contributed by atoms with Crippen LogP contribution in [0.3, 0.4) is 0 Å². The van der Waals surface area contributed by atoms with Gasteiger partial charge in [0.2, 0.25) is 0 Å². The van der Waals surface area contributed by atoms with Gasteiger partial charge in [-0.15, -0.1) is 0 Å². The zero-order valence-electron chi connectivity index (χ0n) is 13.8. The lowest BCUT2D eigenvalue weighted by atomic mass is 10.00. The van der Waals surface area contributed by atoms with Crippen LogP contribution < -0.4 is 5.32 Å². The molecule has 2 nitrogen and oxygen atoms in total. The van der Waals surface area contributed by atoms with Gasteiger partial charge in [-0.05, 0) is 49.1 Å². The maximum absolute atomic E-state index is 13.6. The molecule has 1 saturated heterocycles. The molecule has 1 N–H and O–H groups in total. The molecule has 1 atom stereocenters. The van der Waals surface area contributed by atoms with Gasteiger partial charge in [0.25, 0.3) is 0 Å². The quantitative estimate of drug-likeness (QED) is 0.863. The van der Waals surface area contributed by atoms with E-state index < -0.39 is 0 Å². The van der Waals surface area contributed by atoms with E-state index in [1.807, 2.05) is 12.1 Å². The molecule has 2 aromatic carbocycles. The molecule has 0 saturated carbocycles. The predicted octanol–water partition coefficient (Wildman–Crippen LogP) is 4.67. The number of nitrogens with zero attached hydrogens (tertiary/aromatic N) is 1. The number of piperidine rings is 1. The largest absolute Gasteiger partial charge is 0.381 e. The van der Waals surface area contributed by atoms with Crippen LogP contribution in [0.15, 0.2) is 48.5 Å². The van der Waals surface area contributed by atoms with Crippen LogP contribution in [0.1, 0.15) is 30.9 Å². The third-order valence-electron chi connectivity index (χ3n) is 4.54. The first-order valence-corrected chi connectivity index (χ1v) is 8.49. The summed E-state index contributed by atoms with van der Waals surface area (Å²) in [6, 6.07) is 15.4. The minimum absolute atomic E-state index is 0.157. The first kappa shape index (κ1) is 16.0. The highest BCUT2D eigenvalue weighted by Gasteiger charge is 2.16. The number of likely N-dealkylation sites (tertiary alicyclic amines) is 1. The van der Waals surface area contributed by atoms with E-state index in [1.165, 1.54) is 37.6 Å². The summed E-state index contributed by atoms with van der Waals surface area (Å²) in [7, 11) is 0. The third kappa shape index (κ3) is 4.55. The van der Waals surface area contributed by atoms with Crippen LogP contribution in [0.2, 0.25) is 0 Å². The van der Waals surface area contributed by atoms with Gasteiger partial charge in [-0.2, -0.15) is 0 Å².